The van der Waals surface area contributed by atoms with Crippen LogP contribution in [0.25, 0.3) is 66.4 Å². The number of hydrogen-bond acceptors (Lipinski definition) is 1. The van der Waals surface area contributed by atoms with Gasteiger partial charge in [0.25, 0.3) is 0 Å². The lowest BCUT2D eigenvalue weighted by Gasteiger charge is -2.22. The zero-order valence-corrected chi connectivity index (χ0v) is 24.8. The minimum atomic E-state index is -0.0792. The summed E-state index contributed by atoms with van der Waals surface area (Å²) in [5.41, 5.74) is 15.2. The second-order valence-corrected chi connectivity index (χ2v) is 12.6. The summed E-state index contributed by atoms with van der Waals surface area (Å²) in [7, 11) is 0. The molecular weight excluding hydrogens is 525 g/mol. The molecule has 5 aromatic carbocycles. The van der Waals surface area contributed by atoms with E-state index in [0.29, 0.717) is 0 Å². The van der Waals surface area contributed by atoms with Gasteiger partial charge < -0.3 is 0 Å². The Morgan fingerprint density at radius 2 is 0.833 bits per heavy atom. The van der Waals surface area contributed by atoms with Gasteiger partial charge in [0, 0.05) is 15.2 Å². The summed E-state index contributed by atoms with van der Waals surface area (Å²) in [6, 6.07) is 44.6. The zero-order chi connectivity index (χ0) is 28.8. The second-order valence-electron chi connectivity index (χ2n) is 11.5. The van der Waals surface area contributed by atoms with E-state index in [1.54, 1.807) is 0 Å². The zero-order valence-electron chi connectivity index (χ0n) is 24.0. The monoisotopic (exact) mass is 556 g/mol. The van der Waals surface area contributed by atoms with Crippen molar-refractivity contribution in [1.82, 2.24) is 0 Å². The average molecular weight is 557 g/mol. The van der Waals surface area contributed by atoms with Gasteiger partial charge in [-0.25, -0.2) is 0 Å². The van der Waals surface area contributed by atoms with E-state index >= 15 is 0 Å². The van der Waals surface area contributed by atoms with Crippen molar-refractivity contribution in [3.05, 3.63) is 157 Å². The maximum absolute atomic E-state index is 3.87. The number of benzene rings is 5. The van der Waals surface area contributed by atoms with Crippen LogP contribution in [0.5, 0.6) is 0 Å². The normalized spacial score (nSPS) is 12.9. The van der Waals surface area contributed by atoms with Gasteiger partial charge in [-0.3, -0.25) is 0 Å². The Labute approximate surface area is 253 Å². The molecule has 1 aliphatic carbocycles. The first-order valence-corrected chi connectivity index (χ1v) is 15.2. The molecule has 6 aromatic rings. The summed E-state index contributed by atoms with van der Waals surface area (Å²) in [6.07, 6.45) is 3.77. The molecule has 1 heterocycles. The number of rotatable bonds is 6. The Bertz CT molecular complexity index is 1950. The quantitative estimate of drug-likeness (QED) is 0.191. The molecular formula is C41H32S. The SMILES string of the molecule is C=Cc1ccc(-c2ccc(-c3ccc4c(c3)C(C)(C)c3cc(-c5ccc(-c6ccc(C=C)cc6)s5)ccc3-4)cc2)cc1. The highest BCUT2D eigenvalue weighted by molar-refractivity contribution is 7.18. The predicted octanol–water partition coefficient (Wildman–Crippen LogP) is 12.0. The van der Waals surface area contributed by atoms with E-state index in [-0.39, 0.29) is 5.41 Å². The van der Waals surface area contributed by atoms with Crippen LogP contribution in [0, 0.1) is 0 Å². The first-order valence-electron chi connectivity index (χ1n) is 14.4. The van der Waals surface area contributed by atoms with Gasteiger partial charge in [0.15, 0.2) is 0 Å². The van der Waals surface area contributed by atoms with Crippen LogP contribution < -0.4 is 0 Å². The molecule has 1 aromatic heterocycles. The van der Waals surface area contributed by atoms with E-state index in [2.05, 4.69) is 148 Å². The average Bonchev–Trinajstić information content (AvgIpc) is 3.62. The third-order valence-electron chi connectivity index (χ3n) is 8.70. The maximum atomic E-state index is 3.87. The largest absolute Gasteiger partial charge is 0.135 e. The summed E-state index contributed by atoms with van der Waals surface area (Å²) in [5, 5.41) is 0. The Kier molecular flexibility index (Phi) is 6.41. The Morgan fingerprint density at radius 1 is 0.452 bits per heavy atom. The van der Waals surface area contributed by atoms with Crippen molar-refractivity contribution in [2.45, 2.75) is 19.3 Å². The first kappa shape index (κ1) is 26.2. The van der Waals surface area contributed by atoms with Crippen molar-refractivity contribution in [1.29, 1.82) is 0 Å². The molecule has 0 nitrogen and oxygen atoms in total. The lowest BCUT2D eigenvalue weighted by molar-refractivity contribution is 0.661. The van der Waals surface area contributed by atoms with Crippen molar-refractivity contribution in [2.75, 3.05) is 0 Å². The molecule has 0 amide bonds. The maximum Gasteiger partial charge on any atom is 0.0349 e. The lowest BCUT2D eigenvalue weighted by Crippen LogP contribution is -2.15. The fourth-order valence-electron chi connectivity index (χ4n) is 6.17. The van der Waals surface area contributed by atoms with E-state index in [1.165, 1.54) is 65.4 Å². The van der Waals surface area contributed by atoms with Gasteiger partial charge in [-0.2, -0.15) is 0 Å². The molecule has 0 bridgehead atoms. The van der Waals surface area contributed by atoms with Crippen LogP contribution in [0.3, 0.4) is 0 Å². The fraction of sp³-hybridized carbons (Fsp3) is 0.0732. The second kappa shape index (κ2) is 10.3. The molecule has 0 spiro atoms. The Balaban J connectivity index is 1.18. The van der Waals surface area contributed by atoms with Crippen LogP contribution in [0.2, 0.25) is 0 Å². The van der Waals surface area contributed by atoms with Gasteiger partial charge >= 0.3 is 0 Å². The van der Waals surface area contributed by atoms with Crippen molar-refractivity contribution < 1.29 is 0 Å². The number of fused-ring (bicyclic) bond motifs is 3. The summed E-state index contributed by atoms with van der Waals surface area (Å²) in [6.45, 7) is 12.5. The molecule has 1 aliphatic rings. The van der Waals surface area contributed by atoms with E-state index in [9.17, 15) is 0 Å². The van der Waals surface area contributed by atoms with E-state index in [0.717, 1.165) is 11.1 Å². The fourth-order valence-corrected chi connectivity index (χ4v) is 7.18. The molecule has 7 rings (SSSR count). The van der Waals surface area contributed by atoms with Gasteiger partial charge in [-0.15, -0.1) is 11.3 Å². The van der Waals surface area contributed by atoms with E-state index in [4.69, 9.17) is 0 Å². The van der Waals surface area contributed by atoms with Crippen LogP contribution in [0.4, 0.5) is 0 Å². The summed E-state index contributed by atoms with van der Waals surface area (Å²) in [5.74, 6) is 0. The van der Waals surface area contributed by atoms with Gasteiger partial charge in [-0.1, -0.05) is 136 Å². The minimum absolute atomic E-state index is 0.0792. The van der Waals surface area contributed by atoms with Crippen LogP contribution in [-0.2, 0) is 5.41 Å². The summed E-state index contributed by atoms with van der Waals surface area (Å²) < 4.78 is 0. The molecule has 0 saturated heterocycles. The summed E-state index contributed by atoms with van der Waals surface area (Å²) >= 11 is 1.85. The van der Waals surface area contributed by atoms with Gasteiger partial charge in [0.05, 0.1) is 0 Å². The molecule has 0 unspecified atom stereocenters. The predicted molar refractivity (Wildman–Crippen MR) is 184 cm³/mol. The van der Waals surface area contributed by atoms with Crippen molar-refractivity contribution >= 4 is 23.5 Å². The Morgan fingerprint density at radius 3 is 1.36 bits per heavy atom. The van der Waals surface area contributed by atoms with Crippen LogP contribution in [0.1, 0.15) is 36.1 Å². The molecule has 202 valence electrons. The number of hydrogen-bond donors (Lipinski definition) is 0. The molecule has 0 fully saturated rings. The van der Waals surface area contributed by atoms with Crippen LogP contribution in [-0.4, -0.2) is 0 Å². The van der Waals surface area contributed by atoms with Crippen molar-refractivity contribution in [2.24, 2.45) is 0 Å². The third-order valence-corrected chi connectivity index (χ3v) is 9.88. The first-order chi connectivity index (χ1) is 20.4. The minimum Gasteiger partial charge on any atom is -0.135 e. The van der Waals surface area contributed by atoms with E-state index in [1.807, 2.05) is 23.5 Å². The smallest absolute Gasteiger partial charge is 0.0349 e. The molecule has 0 saturated carbocycles. The summed E-state index contributed by atoms with van der Waals surface area (Å²) in [4.78, 5) is 2.58. The molecule has 42 heavy (non-hydrogen) atoms. The molecule has 1 heteroatoms. The van der Waals surface area contributed by atoms with Gasteiger partial charge in [0.2, 0.25) is 0 Å². The highest BCUT2D eigenvalue weighted by Crippen LogP contribution is 2.51. The van der Waals surface area contributed by atoms with Gasteiger partial charge in [-0.05, 0) is 91.0 Å². The third kappa shape index (κ3) is 4.47. The molecule has 0 N–H and O–H groups in total. The van der Waals surface area contributed by atoms with Crippen molar-refractivity contribution in [3.63, 3.8) is 0 Å². The molecule has 0 aliphatic heterocycles. The Hall–Kier alpha value is -4.72. The van der Waals surface area contributed by atoms with Crippen LogP contribution >= 0.6 is 11.3 Å². The lowest BCUT2D eigenvalue weighted by atomic mass is 9.81. The van der Waals surface area contributed by atoms with E-state index < -0.39 is 0 Å². The van der Waals surface area contributed by atoms with Crippen LogP contribution in [0.15, 0.2) is 134 Å². The highest BCUT2D eigenvalue weighted by atomic mass is 32.1. The molecule has 0 atom stereocenters. The topological polar surface area (TPSA) is 0 Å². The molecule has 0 radical (unpaired) electrons. The van der Waals surface area contributed by atoms with Crippen molar-refractivity contribution in [3.8, 4) is 54.3 Å². The number of thiophene rings is 1. The van der Waals surface area contributed by atoms with Gasteiger partial charge in [0.1, 0.15) is 0 Å². The highest BCUT2D eigenvalue weighted by Gasteiger charge is 2.36. The standard InChI is InChI=1S/C41H32S/c1-5-27-7-11-29(12-8-27)30-15-17-31(18-16-30)33-19-21-35-36-22-20-34(26-38(36)41(3,4)37(35)25-33)40-24-23-39(42-40)32-13-9-28(6-2)10-14-32/h5-26H,1-2H2,3-4H3.